The predicted molar refractivity (Wildman–Crippen MR) is 155 cm³/mol. The Labute approximate surface area is 233 Å². The van der Waals surface area contributed by atoms with E-state index in [-0.39, 0.29) is 35.6 Å². The van der Waals surface area contributed by atoms with Crippen molar-refractivity contribution in [2.24, 2.45) is 5.41 Å². The Balaban J connectivity index is 2.04. The monoisotopic (exact) mass is 556 g/mol. The molecule has 0 bridgehead atoms. The molecule has 2 aromatic rings. The van der Waals surface area contributed by atoms with Crippen LogP contribution in [0.15, 0.2) is 48.5 Å². The van der Waals surface area contributed by atoms with Crippen molar-refractivity contribution in [3.8, 4) is 0 Å². The number of nitro groups is 1. The quantitative estimate of drug-likeness (QED) is 0.116. The Morgan fingerprint density at radius 3 is 2.31 bits per heavy atom. The molecular formula is C29H42N3O6Si. The Morgan fingerprint density at radius 2 is 1.72 bits per heavy atom. The first kappa shape index (κ1) is 32.0. The van der Waals surface area contributed by atoms with Gasteiger partial charge in [-0.1, -0.05) is 71.2 Å². The Bertz CT molecular complexity index is 1090. The maximum absolute atomic E-state index is 13.1. The molecule has 213 valence electrons. The van der Waals surface area contributed by atoms with Crippen LogP contribution in [0, 0.1) is 15.5 Å². The van der Waals surface area contributed by atoms with Crippen molar-refractivity contribution < 1.29 is 23.7 Å². The van der Waals surface area contributed by atoms with Crippen molar-refractivity contribution in [1.82, 2.24) is 4.90 Å². The standard InChI is InChI=1S/C29H42N3O6Si/c1-7-8-9-12-19-31(20-26(29(2,3)4)38-39(5)6)28(34)37-21-22-15-17-23(18-16-22)27(33)30-24-13-10-11-14-25(24)32(35)36/h10-11,13-18,26H,7-9,12,19-21H2,1-6H3,(H,30,33). The first-order valence-electron chi connectivity index (χ1n) is 13.4. The van der Waals surface area contributed by atoms with Crippen LogP contribution in [0.4, 0.5) is 16.2 Å². The molecule has 10 heteroatoms. The third-order valence-corrected chi connectivity index (χ3v) is 6.95. The van der Waals surface area contributed by atoms with Gasteiger partial charge in [0.25, 0.3) is 11.6 Å². The predicted octanol–water partition coefficient (Wildman–Crippen LogP) is 7.05. The van der Waals surface area contributed by atoms with Crippen LogP contribution in [-0.2, 0) is 15.8 Å². The summed E-state index contributed by atoms with van der Waals surface area (Å²) in [5, 5.41) is 13.8. The van der Waals surface area contributed by atoms with Gasteiger partial charge < -0.3 is 19.4 Å². The van der Waals surface area contributed by atoms with Gasteiger partial charge in [0.05, 0.1) is 11.0 Å². The third-order valence-electron chi connectivity index (χ3n) is 6.20. The molecule has 0 spiro atoms. The molecule has 9 nitrogen and oxygen atoms in total. The fraction of sp³-hybridized carbons (Fsp3) is 0.517. The van der Waals surface area contributed by atoms with E-state index in [1.807, 2.05) is 0 Å². The Kier molecular flexibility index (Phi) is 12.6. The number of amides is 2. The lowest BCUT2D eigenvalue weighted by molar-refractivity contribution is -0.383. The van der Waals surface area contributed by atoms with Gasteiger partial charge in [-0.05, 0) is 48.7 Å². The minimum Gasteiger partial charge on any atom is -0.445 e. The van der Waals surface area contributed by atoms with Gasteiger partial charge in [0, 0.05) is 24.7 Å². The van der Waals surface area contributed by atoms with Gasteiger partial charge in [-0.25, -0.2) is 4.79 Å². The smallest absolute Gasteiger partial charge is 0.410 e. The molecule has 0 aliphatic carbocycles. The summed E-state index contributed by atoms with van der Waals surface area (Å²) in [6.45, 7) is 13.8. The molecule has 0 saturated heterocycles. The number of benzene rings is 2. The van der Waals surface area contributed by atoms with E-state index < -0.39 is 19.9 Å². The summed E-state index contributed by atoms with van der Waals surface area (Å²) in [6, 6.07) is 12.6. The van der Waals surface area contributed by atoms with Crippen LogP contribution in [0.1, 0.15) is 69.3 Å². The zero-order chi connectivity index (χ0) is 29.0. The van der Waals surface area contributed by atoms with Crippen molar-refractivity contribution in [3.05, 3.63) is 69.8 Å². The second-order valence-electron chi connectivity index (χ2n) is 10.9. The number of hydrogen-bond acceptors (Lipinski definition) is 6. The molecule has 0 aliphatic rings. The van der Waals surface area contributed by atoms with E-state index in [2.05, 4.69) is 46.1 Å². The molecular weight excluding hydrogens is 514 g/mol. The van der Waals surface area contributed by atoms with Gasteiger partial charge in [0.2, 0.25) is 9.04 Å². The zero-order valence-corrected chi connectivity index (χ0v) is 25.0. The average Bonchev–Trinajstić information content (AvgIpc) is 2.88. The molecule has 1 unspecified atom stereocenters. The normalized spacial score (nSPS) is 12.2. The molecule has 1 N–H and O–H groups in total. The Hall–Kier alpha value is -3.24. The van der Waals surface area contributed by atoms with Crippen molar-refractivity contribution in [1.29, 1.82) is 0 Å². The van der Waals surface area contributed by atoms with Crippen LogP contribution in [-0.4, -0.2) is 50.1 Å². The zero-order valence-electron chi connectivity index (χ0n) is 24.0. The molecule has 2 amide bonds. The lowest BCUT2D eigenvalue weighted by atomic mass is 9.89. The number of unbranched alkanes of at least 4 members (excludes halogenated alkanes) is 3. The molecule has 0 saturated carbocycles. The number of nitrogens with zero attached hydrogens (tertiary/aromatic N) is 2. The number of carbonyl (C=O) groups is 2. The van der Waals surface area contributed by atoms with Gasteiger partial charge in [0.1, 0.15) is 12.3 Å². The number of rotatable bonds is 14. The van der Waals surface area contributed by atoms with E-state index in [0.717, 1.165) is 31.2 Å². The minimum atomic E-state index is -0.952. The molecule has 39 heavy (non-hydrogen) atoms. The first-order valence-corrected chi connectivity index (χ1v) is 15.9. The number of nitro benzene ring substituents is 1. The number of para-hydroxylation sites is 2. The minimum absolute atomic E-state index is 0.0635. The van der Waals surface area contributed by atoms with E-state index in [4.69, 9.17) is 9.16 Å². The summed E-state index contributed by atoms with van der Waals surface area (Å²) in [5.41, 5.74) is 0.889. The third kappa shape index (κ3) is 10.8. The first-order chi connectivity index (χ1) is 18.4. The molecule has 1 atom stereocenters. The lowest BCUT2D eigenvalue weighted by Gasteiger charge is -2.36. The van der Waals surface area contributed by atoms with Crippen molar-refractivity contribution in [3.63, 3.8) is 0 Å². The number of anilines is 1. The summed E-state index contributed by atoms with van der Waals surface area (Å²) >= 11 is 0. The second kappa shape index (κ2) is 15.4. The fourth-order valence-corrected chi connectivity index (χ4v) is 4.88. The van der Waals surface area contributed by atoms with Crippen LogP contribution in [0.25, 0.3) is 0 Å². The number of hydrogen-bond donors (Lipinski definition) is 1. The molecule has 2 rings (SSSR count). The summed E-state index contributed by atoms with van der Waals surface area (Å²) < 4.78 is 11.9. The van der Waals surface area contributed by atoms with E-state index >= 15 is 0 Å². The summed E-state index contributed by atoms with van der Waals surface area (Å²) in [6.07, 6.45) is 3.71. The maximum Gasteiger partial charge on any atom is 0.410 e. The highest BCUT2D eigenvalue weighted by Crippen LogP contribution is 2.25. The van der Waals surface area contributed by atoms with Gasteiger partial charge in [0.15, 0.2) is 0 Å². The highest BCUT2D eigenvalue weighted by Gasteiger charge is 2.30. The number of ether oxygens (including phenoxy) is 1. The molecule has 1 radical (unpaired) electrons. The summed E-state index contributed by atoms with van der Waals surface area (Å²) in [4.78, 5) is 38.2. The lowest BCUT2D eigenvalue weighted by Crippen LogP contribution is -2.46. The van der Waals surface area contributed by atoms with Gasteiger partial charge >= 0.3 is 6.09 Å². The molecule has 0 heterocycles. The molecule has 0 fully saturated rings. The van der Waals surface area contributed by atoms with Crippen LogP contribution in [0.2, 0.25) is 13.1 Å². The summed E-state index contributed by atoms with van der Waals surface area (Å²) in [7, 11) is -0.952. The van der Waals surface area contributed by atoms with E-state index in [1.54, 1.807) is 35.2 Å². The van der Waals surface area contributed by atoms with Crippen molar-refractivity contribution >= 4 is 32.4 Å². The van der Waals surface area contributed by atoms with Gasteiger partial charge in [-0.2, -0.15) is 0 Å². The van der Waals surface area contributed by atoms with Crippen LogP contribution >= 0.6 is 0 Å². The topological polar surface area (TPSA) is 111 Å². The van der Waals surface area contributed by atoms with Gasteiger partial charge in [-0.15, -0.1) is 0 Å². The molecule has 0 aromatic heterocycles. The van der Waals surface area contributed by atoms with Crippen LogP contribution in [0.5, 0.6) is 0 Å². The Morgan fingerprint density at radius 1 is 1.05 bits per heavy atom. The maximum atomic E-state index is 13.1. The summed E-state index contributed by atoms with van der Waals surface area (Å²) in [5.74, 6) is -0.466. The average molecular weight is 557 g/mol. The molecule has 2 aromatic carbocycles. The van der Waals surface area contributed by atoms with Crippen LogP contribution in [0.3, 0.4) is 0 Å². The van der Waals surface area contributed by atoms with E-state index in [0.29, 0.717) is 18.7 Å². The van der Waals surface area contributed by atoms with E-state index in [9.17, 15) is 19.7 Å². The largest absolute Gasteiger partial charge is 0.445 e. The second-order valence-corrected chi connectivity index (χ2v) is 12.9. The van der Waals surface area contributed by atoms with Crippen LogP contribution < -0.4 is 5.32 Å². The van der Waals surface area contributed by atoms with Crippen molar-refractivity contribution in [2.75, 3.05) is 18.4 Å². The van der Waals surface area contributed by atoms with E-state index in [1.165, 1.54) is 18.2 Å². The number of nitrogens with one attached hydrogen (secondary N) is 1. The highest BCUT2D eigenvalue weighted by molar-refractivity contribution is 6.48. The van der Waals surface area contributed by atoms with Crippen molar-refractivity contribution in [2.45, 2.75) is 79.2 Å². The van der Waals surface area contributed by atoms with Gasteiger partial charge in [-0.3, -0.25) is 14.9 Å². The SMILES string of the molecule is CCCCCCN(CC(O[Si](C)C)C(C)(C)C)C(=O)OCc1ccc(C(=O)Nc2ccccc2[N+](=O)[O-])cc1. The fourth-order valence-electron chi connectivity index (χ4n) is 3.88. The highest BCUT2D eigenvalue weighted by atomic mass is 28.3. The number of carbonyl (C=O) groups excluding carboxylic acids is 2. The molecule has 0 aliphatic heterocycles.